The molecule has 6 unspecified atom stereocenters. The third kappa shape index (κ3) is 5.07. The van der Waals surface area contributed by atoms with Crippen LogP contribution in [0.25, 0.3) is 0 Å². The largest absolute Gasteiger partial charge is 0.573 e. The molecule has 0 amide bonds. The molecule has 6 atom stereocenters. The van der Waals surface area contributed by atoms with Gasteiger partial charge in [-0.15, -0.1) is 13.2 Å². The predicted molar refractivity (Wildman–Crippen MR) is 140 cm³/mol. The highest BCUT2D eigenvalue weighted by atomic mass is 19.4. The van der Waals surface area contributed by atoms with Crippen LogP contribution in [-0.2, 0) is 19.1 Å². The SMILES string of the molecule is CC(C)C1(Oc2cc(C(=O)OC3C4CC5C3OC(=O)C5C4C(=O)Oc3ccccc3)ccc2OC(F)(F)F)CCCC1. The second-order valence-corrected chi connectivity index (χ2v) is 11.9. The van der Waals surface area contributed by atoms with E-state index in [1.54, 1.807) is 30.3 Å². The van der Waals surface area contributed by atoms with Gasteiger partial charge in [0.2, 0.25) is 0 Å². The third-order valence-corrected chi connectivity index (χ3v) is 9.24. The van der Waals surface area contributed by atoms with Gasteiger partial charge in [0, 0.05) is 11.8 Å². The van der Waals surface area contributed by atoms with Gasteiger partial charge in [0.1, 0.15) is 23.6 Å². The number of para-hydroxylation sites is 1. The molecule has 0 N–H and O–H groups in total. The van der Waals surface area contributed by atoms with Gasteiger partial charge >= 0.3 is 24.3 Å². The molecule has 0 radical (unpaired) electrons. The standard InChI is InChI=1S/C31H31F3O8/c1-16(2)30(12-6-7-13-30)41-22-14-17(10-11-21(22)42-31(32,33)34)27(35)39-25-19-15-20-24(29(37)40-26(20)25)23(19)28(36)38-18-8-4-3-5-9-18/h3-5,8-11,14,16,19-20,23-26H,6-7,12-13,15H2,1-2H3. The Kier molecular flexibility index (Phi) is 7.09. The van der Waals surface area contributed by atoms with Crippen molar-refractivity contribution < 1.29 is 51.2 Å². The Labute approximate surface area is 240 Å². The highest BCUT2D eigenvalue weighted by Gasteiger charge is 2.70. The number of fused-ring (bicyclic) bond motifs is 1. The molecule has 2 aromatic rings. The summed E-state index contributed by atoms with van der Waals surface area (Å²) >= 11 is 0. The van der Waals surface area contributed by atoms with Crippen molar-refractivity contribution in [2.24, 2.45) is 29.6 Å². The van der Waals surface area contributed by atoms with Crippen molar-refractivity contribution in [3.63, 3.8) is 0 Å². The summed E-state index contributed by atoms with van der Waals surface area (Å²) in [5.74, 6) is -4.74. The van der Waals surface area contributed by atoms with Crippen molar-refractivity contribution in [2.75, 3.05) is 0 Å². The van der Waals surface area contributed by atoms with Crippen LogP contribution in [0.3, 0.4) is 0 Å². The van der Waals surface area contributed by atoms with Crippen molar-refractivity contribution >= 4 is 17.9 Å². The first kappa shape index (κ1) is 28.4. The molecule has 2 aromatic carbocycles. The summed E-state index contributed by atoms with van der Waals surface area (Å²) in [4.78, 5) is 39.3. The first-order valence-electron chi connectivity index (χ1n) is 14.2. The van der Waals surface area contributed by atoms with Crippen LogP contribution in [0.2, 0.25) is 0 Å². The minimum atomic E-state index is -4.96. The number of hydrogen-bond acceptors (Lipinski definition) is 8. The molecule has 1 heterocycles. The van der Waals surface area contributed by atoms with E-state index in [-0.39, 0.29) is 23.1 Å². The number of hydrogen-bond donors (Lipinski definition) is 0. The third-order valence-electron chi connectivity index (χ3n) is 9.24. The monoisotopic (exact) mass is 588 g/mol. The van der Waals surface area contributed by atoms with E-state index in [0.29, 0.717) is 25.0 Å². The van der Waals surface area contributed by atoms with Gasteiger partial charge in [-0.1, -0.05) is 32.0 Å². The molecule has 3 aliphatic carbocycles. The maximum atomic E-state index is 13.4. The molecule has 11 heteroatoms. The number of carbonyl (C=O) groups excluding carboxylic acids is 3. The fourth-order valence-electron chi connectivity index (χ4n) is 7.25. The van der Waals surface area contributed by atoms with Crippen LogP contribution in [-0.4, -0.2) is 42.1 Å². The van der Waals surface area contributed by atoms with E-state index >= 15 is 0 Å². The molecule has 0 aromatic heterocycles. The van der Waals surface area contributed by atoms with Crippen molar-refractivity contribution in [3.05, 3.63) is 54.1 Å². The Morgan fingerprint density at radius 3 is 2.38 bits per heavy atom. The normalized spacial score (nSPS) is 29.0. The second kappa shape index (κ2) is 10.5. The summed E-state index contributed by atoms with van der Waals surface area (Å²) in [5, 5.41) is 0. The second-order valence-electron chi connectivity index (χ2n) is 11.9. The summed E-state index contributed by atoms with van der Waals surface area (Å²) < 4.78 is 67.0. The lowest BCUT2D eigenvalue weighted by molar-refractivity contribution is -0.275. The Morgan fingerprint density at radius 1 is 1.00 bits per heavy atom. The summed E-state index contributed by atoms with van der Waals surface area (Å²) in [6.07, 6.45) is -3.08. The van der Waals surface area contributed by atoms with Gasteiger partial charge in [-0.2, -0.15) is 0 Å². The maximum Gasteiger partial charge on any atom is 0.573 e. The zero-order valence-corrected chi connectivity index (χ0v) is 23.1. The van der Waals surface area contributed by atoms with Crippen LogP contribution < -0.4 is 14.2 Å². The van der Waals surface area contributed by atoms with Crippen LogP contribution in [0.1, 0.15) is 56.3 Å². The van der Waals surface area contributed by atoms with Crippen molar-refractivity contribution in [3.8, 4) is 17.2 Å². The lowest BCUT2D eigenvalue weighted by Crippen LogP contribution is -2.44. The van der Waals surface area contributed by atoms with Gasteiger partial charge in [0.05, 0.1) is 17.4 Å². The quantitative estimate of drug-likeness (QED) is 0.279. The average molecular weight is 589 g/mol. The lowest BCUT2D eigenvalue weighted by atomic mass is 9.78. The lowest BCUT2D eigenvalue weighted by Gasteiger charge is -2.35. The molecular formula is C31H31F3O8. The summed E-state index contributed by atoms with van der Waals surface area (Å²) in [7, 11) is 0. The van der Waals surface area contributed by atoms with E-state index in [2.05, 4.69) is 4.74 Å². The number of halogens is 3. The number of alkyl halides is 3. The van der Waals surface area contributed by atoms with Gasteiger partial charge in [-0.25, -0.2) is 4.79 Å². The molecule has 8 nitrogen and oxygen atoms in total. The molecule has 3 saturated carbocycles. The maximum absolute atomic E-state index is 13.4. The Morgan fingerprint density at radius 2 is 1.71 bits per heavy atom. The van der Waals surface area contributed by atoms with E-state index in [9.17, 15) is 27.6 Å². The summed E-state index contributed by atoms with van der Waals surface area (Å²) in [6, 6.07) is 11.9. The van der Waals surface area contributed by atoms with Crippen LogP contribution in [0.4, 0.5) is 13.2 Å². The molecule has 6 rings (SSSR count). The number of carbonyl (C=O) groups is 3. The van der Waals surface area contributed by atoms with Gasteiger partial charge in [0.15, 0.2) is 11.5 Å². The minimum absolute atomic E-state index is 0.000886. The van der Waals surface area contributed by atoms with Crippen LogP contribution in [0, 0.1) is 29.6 Å². The van der Waals surface area contributed by atoms with E-state index in [1.807, 2.05) is 13.8 Å². The van der Waals surface area contributed by atoms with Gasteiger partial charge < -0.3 is 23.7 Å². The van der Waals surface area contributed by atoms with Crippen LogP contribution in [0.5, 0.6) is 17.2 Å². The van der Waals surface area contributed by atoms with Crippen LogP contribution >= 0.6 is 0 Å². The average Bonchev–Trinajstić information content (AvgIpc) is 3.68. The smallest absolute Gasteiger partial charge is 0.483 e. The summed E-state index contributed by atoms with van der Waals surface area (Å²) in [5.41, 5.74) is -0.751. The number of esters is 3. The molecular weight excluding hydrogens is 557 g/mol. The number of rotatable bonds is 8. The predicted octanol–water partition coefficient (Wildman–Crippen LogP) is 5.87. The summed E-state index contributed by atoms with van der Waals surface area (Å²) in [6.45, 7) is 3.89. The van der Waals surface area contributed by atoms with Gasteiger partial charge in [0.25, 0.3) is 0 Å². The first-order valence-corrected chi connectivity index (χ1v) is 14.2. The topological polar surface area (TPSA) is 97.4 Å². The number of ether oxygens (including phenoxy) is 5. The van der Waals surface area contributed by atoms with Crippen LogP contribution in [0.15, 0.2) is 48.5 Å². The van der Waals surface area contributed by atoms with E-state index in [1.165, 1.54) is 12.1 Å². The highest BCUT2D eigenvalue weighted by Crippen LogP contribution is 2.59. The molecule has 224 valence electrons. The zero-order valence-electron chi connectivity index (χ0n) is 23.1. The highest BCUT2D eigenvalue weighted by molar-refractivity contribution is 5.91. The first-order chi connectivity index (χ1) is 20.0. The Bertz CT molecular complexity index is 1370. The Balaban J connectivity index is 1.24. The van der Waals surface area contributed by atoms with E-state index in [4.69, 9.17) is 18.9 Å². The van der Waals surface area contributed by atoms with Crippen molar-refractivity contribution in [1.29, 1.82) is 0 Å². The molecule has 4 aliphatic rings. The van der Waals surface area contributed by atoms with Gasteiger partial charge in [-0.05, 0) is 68.4 Å². The molecule has 1 aliphatic heterocycles. The molecule has 0 spiro atoms. The molecule has 42 heavy (non-hydrogen) atoms. The van der Waals surface area contributed by atoms with Gasteiger partial charge in [-0.3, -0.25) is 9.59 Å². The van der Waals surface area contributed by atoms with E-state index < -0.39 is 65.6 Å². The zero-order chi connectivity index (χ0) is 29.8. The van der Waals surface area contributed by atoms with Crippen molar-refractivity contribution in [1.82, 2.24) is 0 Å². The molecule has 4 fully saturated rings. The Hall–Kier alpha value is -3.76. The fourth-order valence-corrected chi connectivity index (χ4v) is 7.25. The molecule has 2 bridgehead atoms. The molecule has 1 saturated heterocycles. The minimum Gasteiger partial charge on any atom is -0.483 e. The number of benzene rings is 2. The fraction of sp³-hybridized carbons (Fsp3) is 0.516. The van der Waals surface area contributed by atoms with E-state index in [0.717, 1.165) is 18.9 Å². The van der Waals surface area contributed by atoms with Crippen molar-refractivity contribution in [2.45, 2.75) is 70.1 Å².